The van der Waals surface area contributed by atoms with Gasteiger partial charge in [0.2, 0.25) is 0 Å². The van der Waals surface area contributed by atoms with Crippen molar-refractivity contribution in [3.63, 3.8) is 0 Å². The number of benzene rings is 3. The molecule has 0 spiro atoms. The van der Waals surface area contributed by atoms with Crippen molar-refractivity contribution in [2.24, 2.45) is 0 Å². The fourth-order valence-electron chi connectivity index (χ4n) is 3.56. The van der Waals surface area contributed by atoms with Crippen LogP contribution in [-0.2, 0) is 6.54 Å². The number of hydrogen-bond acceptors (Lipinski definition) is 5. The number of rotatable bonds is 9. The topological polar surface area (TPSA) is 74.6 Å². The highest BCUT2D eigenvalue weighted by Crippen LogP contribution is 2.32. The largest absolute Gasteiger partial charge is 0.497 e. The van der Waals surface area contributed by atoms with Gasteiger partial charge in [0, 0.05) is 23.5 Å². The lowest BCUT2D eigenvalue weighted by atomic mass is 10.1. The van der Waals surface area contributed by atoms with Crippen LogP contribution in [0.4, 0.5) is 14.5 Å². The Morgan fingerprint density at radius 3 is 2.49 bits per heavy atom. The van der Waals surface area contributed by atoms with E-state index in [9.17, 15) is 13.6 Å². The van der Waals surface area contributed by atoms with Gasteiger partial charge in [-0.15, -0.1) is 0 Å². The Hall–Kier alpha value is -4.40. The van der Waals surface area contributed by atoms with Gasteiger partial charge in [-0.05, 0) is 29.8 Å². The third kappa shape index (κ3) is 5.75. The molecule has 0 saturated heterocycles. The predicted molar refractivity (Wildman–Crippen MR) is 127 cm³/mol. The highest BCUT2D eigenvalue weighted by atomic mass is 19.3. The maximum atomic E-state index is 13.3. The normalized spacial score (nSPS) is 10.8. The average molecular weight is 479 g/mol. The van der Waals surface area contributed by atoms with Crippen LogP contribution in [-0.4, -0.2) is 36.5 Å². The van der Waals surface area contributed by atoms with E-state index in [2.05, 4.69) is 15.2 Å². The first-order valence-corrected chi connectivity index (χ1v) is 10.7. The van der Waals surface area contributed by atoms with Gasteiger partial charge in [-0.2, -0.15) is 13.9 Å². The van der Waals surface area contributed by atoms with Crippen molar-refractivity contribution in [2.75, 3.05) is 19.5 Å². The summed E-state index contributed by atoms with van der Waals surface area (Å²) in [5.41, 5.74) is 2.73. The van der Waals surface area contributed by atoms with Gasteiger partial charge in [-0.25, -0.2) is 0 Å². The lowest BCUT2D eigenvalue weighted by Crippen LogP contribution is -2.13. The van der Waals surface area contributed by atoms with Crippen LogP contribution in [0.25, 0.3) is 11.3 Å². The number of methoxy groups -OCH3 is 2. The maximum Gasteiger partial charge on any atom is 0.387 e. The van der Waals surface area contributed by atoms with Gasteiger partial charge in [0.1, 0.15) is 11.4 Å². The summed E-state index contributed by atoms with van der Waals surface area (Å²) >= 11 is 0. The minimum absolute atomic E-state index is 0.121. The van der Waals surface area contributed by atoms with Crippen molar-refractivity contribution >= 4 is 11.6 Å². The fraction of sp³-hybridized carbons (Fsp3) is 0.154. The van der Waals surface area contributed by atoms with Gasteiger partial charge in [0.25, 0.3) is 5.91 Å². The van der Waals surface area contributed by atoms with E-state index in [0.717, 1.165) is 5.56 Å². The van der Waals surface area contributed by atoms with Crippen LogP contribution in [0.15, 0.2) is 79.0 Å². The number of aromatic nitrogens is 2. The molecule has 0 aliphatic carbocycles. The number of carbonyl (C=O) groups is 1. The van der Waals surface area contributed by atoms with Gasteiger partial charge in [-0.1, -0.05) is 42.5 Å². The minimum atomic E-state index is -3.04. The predicted octanol–water partition coefficient (Wildman–Crippen LogP) is 5.47. The quantitative estimate of drug-likeness (QED) is 0.345. The second kappa shape index (κ2) is 10.7. The summed E-state index contributed by atoms with van der Waals surface area (Å²) in [6.45, 7) is -2.58. The summed E-state index contributed by atoms with van der Waals surface area (Å²) in [6, 6.07) is 21.2. The molecule has 0 unspecified atom stereocenters. The van der Waals surface area contributed by atoms with Crippen molar-refractivity contribution in [3.8, 4) is 28.5 Å². The molecule has 9 heteroatoms. The Bertz CT molecular complexity index is 1310. The van der Waals surface area contributed by atoms with E-state index in [1.54, 1.807) is 30.1 Å². The molecular weight excluding hydrogens is 456 g/mol. The number of amides is 1. The number of carbonyl (C=O) groups excluding carboxylic acids is 1. The summed E-state index contributed by atoms with van der Waals surface area (Å²) in [7, 11) is 2.90. The highest BCUT2D eigenvalue weighted by molar-refractivity contribution is 6.08. The van der Waals surface area contributed by atoms with Crippen LogP contribution in [0, 0.1) is 0 Å². The first-order chi connectivity index (χ1) is 17.0. The van der Waals surface area contributed by atoms with E-state index in [4.69, 9.17) is 9.47 Å². The third-order valence-corrected chi connectivity index (χ3v) is 5.17. The SMILES string of the molecule is COc1cccc(-c2nn(Cc3ccccc3)cc2C(=O)Nc2ccc(OC)c(OC(F)F)c2)c1. The van der Waals surface area contributed by atoms with E-state index < -0.39 is 12.5 Å². The molecule has 4 rings (SSSR count). The Balaban J connectivity index is 1.68. The standard InChI is InChI=1S/C26H23F2N3O4/c1-33-20-10-6-9-18(13-20)24-21(16-31(30-24)15-17-7-4-3-5-8-17)25(32)29-19-11-12-22(34-2)23(14-19)35-26(27)28/h3-14,16,26H,15H2,1-2H3,(H,29,32). The number of nitrogens with one attached hydrogen (secondary N) is 1. The summed E-state index contributed by atoms with van der Waals surface area (Å²) < 4.78 is 42.2. The number of anilines is 1. The molecule has 1 heterocycles. The molecule has 1 aromatic heterocycles. The van der Waals surface area contributed by atoms with Gasteiger partial charge in [0.05, 0.1) is 26.3 Å². The third-order valence-electron chi connectivity index (χ3n) is 5.17. The van der Waals surface area contributed by atoms with Crippen molar-refractivity contribution in [1.82, 2.24) is 9.78 Å². The summed E-state index contributed by atoms with van der Waals surface area (Å²) in [6.07, 6.45) is 1.65. The molecule has 0 aliphatic heterocycles. The molecule has 0 atom stereocenters. The summed E-state index contributed by atoms with van der Waals surface area (Å²) in [5, 5.41) is 7.39. The van der Waals surface area contributed by atoms with Crippen LogP contribution in [0.1, 0.15) is 15.9 Å². The Labute approximate surface area is 200 Å². The van der Waals surface area contributed by atoms with Gasteiger partial charge < -0.3 is 19.5 Å². The molecule has 7 nitrogen and oxygen atoms in total. The van der Waals surface area contributed by atoms with Crippen LogP contribution in [0.3, 0.4) is 0 Å². The van der Waals surface area contributed by atoms with Crippen molar-refractivity contribution in [1.29, 1.82) is 0 Å². The van der Waals surface area contributed by atoms with Crippen LogP contribution in [0.5, 0.6) is 17.2 Å². The molecule has 1 amide bonds. The number of hydrogen-bond donors (Lipinski definition) is 1. The smallest absolute Gasteiger partial charge is 0.387 e. The Morgan fingerprint density at radius 2 is 1.77 bits per heavy atom. The monoisotopic (exact) mass is 479 g/mol. The molecule has 0 aliphatic rings. The molecule has 0 bridgehead atoms. The molecule has 4 aromatic rings. The molecular formula is C26H23F2N3O4. The molecule has 1 N–H and O–H groups in total. The van der Waals surface area contributed by atoms with Gasteiger partial charge >= 0.3 is 6.61 Å². The van der Waals surface area contributed by atoms with Crippen LogP contribution >= 0.6 is 0 Å². The second-order valence-electron chi connectivity index (χ2n) is 7.50. The first kappa shape index (κ1) is 23.7. The van der Waals surface area contributed by atoms with Crippen LogP contribution in [0.2, 0.25) is 0 Å². The van der Waals surface area contributed by atoms with E-state index in [1.165, 1.54) is 25.3 Å². The minimum Gasteiger partial charge on any atom is -0.497 e. The lowest BCUT2D eigenvalue weighted by molar-refractivity contribution is -0.0511. The first-order valence-electron chi connectivity index (χ1n) is 10.7. The van der Waals surface area contributed by atoms with E-state index in [0.29, 0.717) is 29.1 Å². The number of alkyl halides is 2. The summed E-state index contributed by atoms with van der Waals surface area (Å²) in [5.74, 6) is 0.0925. The molecule has 180 valence electrons. The van der Waals surface area contributed by atoms with Gasteiger partial charge in [0.15, 0.2) is 11.5 Å². The summed E-state index contributed by atoms with van der Waals surface area (Å²) in [4.78, 5) is 13.3. The van der Waals surface area contributed by atoms with E-state index >= 15 is 0 Å². The van der Waals surface area contributed by atoms with Gasteiger partial charge in [-0.3, -0.25) is 9.48 Å². The fourth-order valence-corrected chi connectivity index (χ4v) is 3.56. The lowest BCUT2D eigenvalue weighted by Gasteiger charge is -2.12. The zero-order valence-corrected chi connectivity index (χ0v) is 19.1. The number of nitrogens with zero attached hydrogens (tertiary/aromatic N) is 2. The molecule has 0 radical (unpaired) electrons. The molecule has 35 heavy (non-hydrogen) atoms. The number of ether oxygens (including phenoxy) is 3. The average Bonchev–Trinajstić information content (AvgIpc) is 3.28. The number of halogens is 2. The second-order valence-corrected chi connectivity index (χ2v) is 7.50. The Kier molecular flexibility index (Phi) is 7.25. The van der Waals surface area contributed by atoms with Crippen LogP contribution < -0.4 is 19.5 Å². The van der Waals surface area contributed by atoms with Crippen molar-refractivity contribution < 1.29 is 27.8 Å². The Morgan fingerprint density at radius 1 is 0.971 bits per heavy atom. The zero-order chi connectivity index (χ0) is 24.8. The molecule has 3 aromatic carbocycles. The molecule has 0 saturated carbocycles. The molecule has 0 fully saturated rings. The highest BCUT2D eigenvalue weighted by Gasteiger charge is 2.20. The zero-order valence-electron chi connectivity index (χ0n) is 19.1. The van der Waals surface area contributed by atoms with Crippen molar-refractivity contribution in [3.05, 3.63) is 90.1 Å². The maximum absolute atomic E-state index is 13.3. The van der Waals surface area contributed by atoms with E-state index in [-0.39, 0.29) is 17.2 Å². The van der Waals surface area contributed by atoms with E-state index in [1.807, 2.05) is 42.5 Å². The van der Waals surface area contributed by atoms with Crippen molar-refractivity contribution in [2.45, 2.75) is 13.2 Å².